The van der Waals surface area contributed by atoms with Crippen molar-refractivity contribution in [3.05, 3.63) is 36.3 Å². The average Bonchev–Trinajstić information content (AvgIpc) is 2.77. The van der Waals surface area contributed by atoms with Gasteiger partial charge in [0, 0.05) is 38.9 Å². The van der Waals surface area contributed by atoms with Crippen molar-refractivity contribution in [2.45, 2.75) is 19.6 Å². The number of fused-ring (bicyclic) bond motifs is 1. The van der Waals surface area contributed by atoms with E-state index in [2.05, 4.69) is 9.88 Å². The molecule has 2 aromatic rings. The largest absolute Gasteiger partial charge is 0.401 e. The molecule has 1 atom stereocenters. The maximum atomic E-state index is 12.6. The van der Waals surface area contributed by atoms with E-state index in [9.17, 15) is 13.2 Å². The van der Waals surface area contributed by atoms with Crippen molar-refractivity contribution in [1.82, 2.24) is 19.2 Å². The zero-order valence-corrected chi connectivity index (χ0v) is 13.1. The second-order valence-electron chi connectivity index (χ2n) is 6.37. The van der Waals surface area contributed by atoms with Crippen molar-refractivity contribution in [2.24, 2.45) is 5.92 Å². The summed E-state index contributed by atoms with van der Waals surface area (Å²) in [6.45, 7) is 4.27. The summed E-state index contributed by atoms with van der Waals surface area (Å²) in [5.74, 6) is 0.207. The maximum Gasteiger partial charge on any atom is 0.401 e. The fourth-order valence-corrected chi connectivity index (χ4v) is 3.28. The van der Waals surface area contributed by atoms with E-state index in [-0.39, 0.29) is 5.92 Å². The minimum Gasteiger partial charge on any atom is -0.303 e. The smallest absolute Gasteiger partial charge is 0.303 e. The Labute approximate surface area is 133 Å². The van der Waals surface area contributed by atoms with Crippen molar-refractivity contribution in [3.8, 4) is 0 Å². The Kier molecular flexibility index (Phi) is 4.59. The number of alkyl halides is 3. The molecule has 0 amide bonds. The monoisotopic (exact) mass is 326 g/mol. The van der Waals surface area contributed by atoms with Crippen LogP contribution in [0.5, 0.6) is 0 Å². The van der Waals surface area contributed by atoms with E-state index in [1.54, 1.807) is 0 Å². The van der Waals surface area contributed by atoms with E-state index >= 15 is 0 Å². The van der Waals surface area contributed by atoms with Crippen molar-refractivity contribution in [2.75, 3.05) is 32.7 Å². The summed E-state index contributed by atoms with van der Waals surface area (Å²) >= 11 is 0. The quantitative estimate of drug-likeness (QED) is 0.866. The Morgan fingerprint density at radius 3 is 2.70 bits per heavy atom. The van der Waals surface area contributed by atoms with Gasteiger partial charge in [0.2, 0.25) is 0 Å². The third kappa shape index (κ3) is 4.23. The highest BCUT2D eigenvalue weighted by Crippen LogP contribution is 2.20. The van der Waals surface area contributed by atoms with Gasteiger partial charge in [0.1, 0.15) is 5.65 Å². The maximum absolute atomic E-state index is 12.6. The summed E-state index contributed by atoms with van der Waals surface area (Å²) in [5, 5.41) is 0. The predicted molar refractivity (Wildman–Crippen MR) is 82.1 cm³/mol. The zero-order chi connectivity index (χ0) is 16.4. The first-order valence-corrected chi connectivity index (χ1v) is 7.83. The Morgan fingerprint density at radius 1 is 1.17 bits per heavy atom. The van der Waals surface area contributed by atoms with Crippen molar-refractivity contribution >= 4 is 5.65 Å². The highest BCUT2D eigenvalue weighted by atomic mass is 19.4. The average molecular weight is 326 g/mol. The van der Waals surface area contributed by atoms with E-state index in [0.717, 1.165) is 17.9 Å². The third-order valence-electron chi connectivity index (χ3n) is 4.15. The predicted octanol–water partition coefficient (Wildman–Crippen LogP) is 2.65. The van der Waals surface area contributed by atoms with Crippen LogP contribution in [0, 0.1) is 5.92 Å². The molecule has 23 heavy (non-hydrogen) atoms. The molecule has 126 valence electrons. The summed E-state index contributed by atoms with van der Waals surface area (Å²) < 4.78 is 39.9. The Hall–Kier alpha value is -1.60. The molecule has 4 nitrogen and oxygen atoms in total. The van der Waals surface area contributed by atoms with Crippen LogP contribution < -0.4 is 0 Å². The minimum atomic E-state index is -4.13. The zero-order valence-electron chi connectivity index (χ0n) is 13.1. The van der Waals surface area contributed by atoms with Crippen LogP contribution in [-0.2, 0) is 6.54 Å². The molecule has 1 aliphatic rings. The van der Waals surface area contributed by atoms with Gasteiger partial charge >= 0.3 is 6.18 Å². The van der Waals surface area contributed by atoms with E-state index in [0.29, 0.717) is 26.2 Å². The lowest BCUT2D eigenvalue weighted by atomic mass is 10.1. The first kappa shape index (κ1) is 16.3. The highest BCUT2D eigenvalue weighted by Gasteiger charge is 2.32. The van der Waals surface area contributed by atoms with Gasteiger partial charge in [-0.05, 0) is 18.1 Å². The second-order valence-corrected chi connectivity index (χ2v) is 6.37. The van der Waals surface area contributed by atoms with Crippen LogP contribution in [0.15, 0.2) is 30.6 Å². The topological polar surface area (TPSA) is 23.8 Å². The highest BCUT2D eigenvalue weighted by molar-refractivity contribution is 5.39. The normalized spacial score (nSPS) is 21.7. The molecule has 1 aliphatic heterocycles. The number of nitrogens with zero attached hydrogens (tertiary/aromatic N) is 4. The van der Waals surface area contributed by atoms with Crippen molar-refractivity contribution in [1.29, 1.82) is 0 Å². The van der Waals surface area contributed by atoms with Crippen molar-refractivity contribution in [3.63, 3.8) is 0 Å². The Morgan fingerprint density at radius 2 is 1.91 bits per heavy atom. The molecule has 7 heteroatoms. The molecule has 0 spiro atoms. The second kappa shape index (κ2) is 6.49. The Balaban J connectivity index is 1.67. The summed E-state index contributed by atoms with van der Waals surface area (Å²) in [6.07, 6.45) is -0.316. The van der Waals surface area contributed by atoms with Gasteiger partial charge in [0.25, 0.3) is 0 Å². The molecule has 0 radical (unpaired) electrons. The van der Waals surface area contributed by atoms with Gasteiger partial charge in [0.05, 0.1) is 18.4 Å². The summed E-state index contributed by atoms with van der Waals surface area (Å²) in [5.41, 5.74) is 1.96. The van der Waals surface area contributed by atoms with Crippen LogP contribution in [0.25, 0.3) is 5.65 Å². The standard InChI is InChI=1S/C16H21F3N4/c1-13-9-21(6-7-22(10-13)12-16(17,18)19)11-14-8-20-15-4-2-3-5-23(14)15/h2-5,8,13H,6-7,9-12H2,1H3. The minimum absolute atomic E-state index is 0.207. The fourth-order valence-electron chi connectivity index (χ4n) is 3.28. The SMILES string of the molecule is CC1CN(Cc2cnc3ccccn23)CCN(CC(F)(F)F)C1. The fraction of sp³-hybridized carbons (Fsp3) is 0.562. The molecular formula is C16H21F3N4. The molecule has 0 saturated carbocycles. The van der Waals surface area contributed by atoms with E-state index in [1.807, 2.05) is 41.9 Å². The number of aromatic nitrogens is 2. The summed E-state index contributed by atoms with van der Waals surface area (Å²) in [7, 11) is 0. The number of hydrogen-bond acceptors (Lipinski definition) is 3. The van der Waals surface area contributed by atoms with Crippen molar-refractivity contribution < 1.29 is 13.2 Å². The molecule has 0 aliphatic carbocycles. The molecule has 1 unspecified atom stereocenters. The lowest BCUT2D eigenvalue weighted by Crippen LogP contribution is -2.37. The number of hydrogen-bond donors (Lipinski definition) is 0. The first-order valence-electron chi connectivity index (χ1n) is 7.83. The third-order valence-corrected chi connectivity index (χ3v) is 4.15. The van der Waals surface area contributed by atoms with Crippen LogP contribution in [0.4, 0.5) is 13.2 Å². The van der Waals surface area contributed by atoms with Crippen LogP contribution >= 0.6 is 0 Å². The van der Waals surface area contributed by atoms with Crippen LogP contribution in [0.1, 0.15) is 12.6 Å². The van der Waals surface area contributed by atoms with Gasteiger partial charge in [-0.1, -0.05) is 13.0 Å². The summed E-state index contributed by atoms with van der Waals surface area (Å²) in [4.78, 5) is 8.10. The van der Waals surface area contributed by atoms with E-state index in [1.165, 1.54) is 4.90 Å². The molecule has 2 aromatic heterocycles. The van der Waals surface area contributed by atoms with E-state index < -0.39 is 12.7 Å². The molecule has 3 heterocycles. The molecular weight excluding hydrogens is 305 g/mol. The first-order chi connectivity index (χ1) is 10.9. The summed E-state index contributed by atoms with van der Waals surface area (Å²) in [6, 6.07) is 5.84. The van der Waals surface area contributed by atoms with Crippen LogP contribution in [0.3, 0.4) is 0 Å². The van der Waals surface area contributed by atoms with Gasteiger partial charge in [-0.3, -0.25) is 9.80 Å². The van der Waals surface area contributed by atoms with Crippen LogP contribution in [-0.4, -0.2) is 58.1 Å². The van der Waals surface area contributed by atoms with Gasteiger partial charge in [-0.2, -0.15) is 13.2 Å². The van der Waals surface area contributed by atoms with Gasteiger partial charge in [-0.15, -0.1) is 0 Å². The number of rotatable bonds is 3. The Bertz CT molecular complexity index is 652. The lowest BCUT2D eigenvalue weighted by molar-refractivity contribution is -0.146. The van der Waals surface area contributed by atoms with Gasteiger partial charge in [-0.25, -0.2) is 4.98 Å². The molecule has 0 N–H and O–H groups in total. The van der Waals surface area contributed by atoms with Gasteiger partial charge in [0.15, 0.2) is 0 Å². The lowest BCUT2D eigenvalue weighted by Gasteiger charge is -2.22. The molecule has 1 saturated heterocycles. The van der Waals surface area contributed by atoms with Gasteiger partial charge < -0.3 is 4.40 Å². The number of imidazole rings is 1. The molecule has 0 aromatic carbocycles. The molecule has 1 fully saturated rings. The molecule has 0 bridgehead atoms. The van der Waals surface area contributed by atoms with E-state index in [4.69, 9.17) is 0 Å². The molecule has 3 rings (SSSR count). The van der Waals surface area contributed by atoms with Crippen LogP contribution in [0.2, 0.25) is 0 Å². The number of halogens is 3. The number of pyridine rings is 1.